The van der Waals surface area contributed by atoms with E-state index in [0.717, 1.165) is 11.1 Å². The van der Waals surface area contributed by atoms with Crippen LogP contribution in [-0.4, -0.2) is 44.8 Å². The van der Waals surface area contributed by atoms with Crippen molar-refractivity contribution in [3.63, 3.8) is 0 Å². The van der Waals surface area contributed by atoms with Gasteiger partial charge >= 0.3 is 0 Å². The molecule has 1 fully saturated rings. The summed E-state index contributed by atoms with van der Waals surface area (Å²) in [5, 5.41) is 0.625. The maximum absolute atomic E-state index is 12.7. The molecule has 142 valence electrons. The van der Waals surface area contributed by atoms with E-state index in [1.54, 1.807) is 19.1 Å². The van der Waals surface area contributed by atoms with E-state index in [1.165, 1.54) is 6.08 Å². The summed E-state index contributed by atoms with van der Waals surface area (Å²) in [5.41, 5.74) is 0.930. The monoisotopic (exact) mass is 387 g/mol. The maximum atomic E-state index is 12.7. The van der Waals surface area contributed by atoms with Gasteiger partial charge in [-0.2, -0.15) is 0 Å². The summed E-state index contributed by atoms with van der Waals surface area (Å²) in [6.45, 7) is 4.88. The Morgan fingerprint density at radius 2 is 1.81 bits per heavy atom. The standard InChI is InChI=1S/C21H22ClNO4/c1-4-20(24)23-11-12-27-14-21(23,15-5-8-17(22)9-6-15)16-7-10-18(25-2)19(13-16)26-3/h4-10,13H,1,11-12,14H2,2-3H3. The van der Waals surface area contributed by atoms with Crippen LogP contribution >= 0.6 is 11.6 Å². The number of benzene rings is 2. The van der Waals surface area contributed by atoms with Gasteiger partial charge in [-0.15, -0.1) is 0 Å². The number of halogens is 1. The lowest BCUT2D eigenvalue weighted by molar-refractivity contribution is -0.141. The minimum absolute atomic E-state index is 0.164. The number of carbonyl (C=O) groups is 1. The number of hydrogen-bond acceptors (Lipinski definition) is 4. The van der Waals surface area contributed by atoms with Crippen LogP contribution in [0.15, 0.2) is 55.1 Å². The van der Waals surface area contributed by atoms with Crippen LogP contribution in [-0.2, 0) is 15.1 Å². The Labute approximate surface area is 164 Å². The molecule has 27 heavy (non-hydrogen) atoms. The Hall–Kier alpha value is -2.50. The minimum Gasteiger partial charge on any atom is -0.493 e. The molecule has 6 heteroatoms. The molecule has 3 rings (SSSR count). The largest absolute Gasteiger partial charge is 0.493 e. The van der Waals surface area contributed by atoms with Crippen LogP contribution in [0, 0.1) is 0 Å². The van der Waals surface area contributed by atoms with Crippen molar-refractivity contribution in [2.45, 2.75) is 5.54 Å². The summed E-state index contributed by atoms with van der Waals surface area (Å²) in [7, 11) is 3.17. The number of rotatable bonds is 5. The third-order valence-corrected chi connectivity index (χ3v) is 5.11. The fourth-order valence-electron chi connectivity index (χ4n) is 3.52. The molecule has 1 aliphatic heterocycles. The van der Waals surface area contributed by atoms with E-state index in [0.29, 0.717) is 36.3 Å². The van der Waals surface area contributed by atoms with Crippen LogP contribution in [0.3, 0.4) is 0 Å². The molecule has 2 aromatic carbocycles. The van der Waals surface area contributed by atoms with Crippen LogP contribution in [0.5, 0.6) is 11.5 Å². The number of methoxy groups -OCH3 is 2. The predicted octanol–water partition coefficient (Wildman–Crippen LogP) is 3.65. The first kappa shape index (κ1) is 19.3. The predicted molar refractivity (Wildman–Crippen MR) is 105 cm³/mol. The second-order valence-electron chi connectivity index (χ2n) is 6.18. The van der Waals surface area contributed by atoms with Crippen molar-refractivity contribution < 1.29 is 19.0 Å². The second-order valence-corrected chi connectivity index (χ2v) is 6.62. The van der Waals surface area contributed by atoms with Crippen LogP contribution in [0.4, 0.5) is 0 Å². The third-order valence-electron chi connectivity index (χ3n) is 4.85. The Bertz CT molecular complexity index is 837. The van der Waals surface area contributed by atoms with Crippen LogP contribution in [0.2, 0.25) is 5.02 Å². The maximum Gasteiger partial charge on any atom is 0.247 e. The van der Waals surface area contributed by atoms with Crippen molar-refractivity contribution in [2.75, 3.05) is 34.0 Å². The first-order valence-electron chi connectivity index (χ1n) is 8.57. The van der Waals surface area contributed by atoms with Crippen LogP contribution in [0.25, 0.3) is 0 Å². The number of amides is 1. The molecule has 2 aromatic rings. The summed E-state index contributed by atoms with van der Waals surface area (Å²) in [4.78, 5) is 14.5. The molecule has 1 saturated heterocycles. The van der Waals surface area contributed by atoms with Crippen LogP contribution < -0.4 is 9.47 Å². The number of ether oxygens (including phenoxy) is 3. The van der Waals surface area contributed by atoms with Gasteiger partial charge in [-0.1, -0.05) is 36.4 Å². The van der Waals surface area contributed by atoms with E-state index in [-0.39, 0.29) is 5.91 Å². The van der Waals surface area contributed by atoms with Gasteiger partial charge in [0.15, 0.2) is 11.5 Å². The summed E-state index contributed by atoms with van der Waals surface area (Å²) < 4.78 is 16.7. The topological polar surface area (TPSA) is 48.0 Å². The van der Waals surface area contributed by atoms with Crippen molar-refractivity contribution in [2.24, 2.45) is 0 Å². The smallest absolute Gasteiger partial charge is 0.247 e. The summed E-state index contributed by atoms with van der Waals surface area (Å²) in [6.07, 6.45) is 1.33. The molecule has 0 radical (unpaired) electrons. The molecule has 1 heterocycles. The van der Waals surface area contributed by atoms with E-state index in [4.69, 9.17) is 25.8 Å². The van der Waals surface area contributed by atoms with E-state index in [2.05, 4.69) is 6.58 Å². The lowest BCUT2D eigenvalue weighted by Gasteiger charge is -2.47. The van der Waals surface area contributed by atoms with E-state index < -0.39 is 5.54 Å². The van der Waals surface area contributed by atoms with Crippen molar-refractivity contribution in [1.82, 2.24) is 4.90 Å². The molecule has 5 nitrogen and oxygen atoms in total. The molecule has 1 unspecified atom stereocenters. The normalized spacial score (nSPS) is 19.4. The van der Waals surface area contributed by atoms with E-state index in [9.17, 15) is 4.79 Å². The van der Waals surface area contributed by atoms with Crippen molar-refractivity contribution in [1.29, 1.82) is 0 Å². The van der Waals surface area contributed by atoms with Gasteiger partial charge < -0.3 is 19.1 Å². The zero-order chi connectivity index (χ0) is 19.4. The van der Waals surface area contributed by atoms with Gasteiger partial charge in [0.05, 0.1) is 27.4 Å². The third kappa shape index (κ3) is 3.40. The average Bonchev–Trinajstić information content (AvgIpc) is 2.73. The van der Waals surface area contributed by atoms with E-state index in [1.807, 2.05) is 42.5 Å². The lowest BCUT2D eigenvalue weighted by Crippen LogP contribution is -2.57. The first-order chi connectivity index (χ1) is 13.1. The second kappa shape index (κ2) is 8.03. The molecule has 0 aromatic heterocycles. The zero-order valence-electron chi connectivity index (χ0n) is 15.4. The van der Waals surface area contributed by atoms with Gasteiger partial charge in [0.25, 0.3) is 0 Å². The molecule has 0 aliphatic carbocycles. The highest BCUT2D eigenvalue weighted by molar-refractivity contribution is 6.30. The number of carbonyl (C=O) groups excluding carboxylic acids is 1. The summed E-state index contributed by atoms with van der Waals surface area (Å²) in [5.74, 6) is 1.04. The van der Waals surface area contributed by atoms with Gasteiger partial charge in [-0.25, -0.2) is 0 Å². The SMILES string of the molecule is C=CC(=O)N1CCOCC1(c1ccc(Cl)cc1)c1ccc(OC)c(OC)c1. The molecular weight excluding hydrogens is 366 g/mol. The zero-order valence-corrected chi connectivity index (χ0v) is 16.2. The van der Waals surface area contributed by atoms with Gasteiger partial charge in [0.2, 0.25) is 5.91 Å². The van der Waals surface area contributed by atoms with Crippen LogP contribution in [0.1, 0.15) is 11.1 Å². The fraction of sp³-hybridized carbons (Fsp3) is 0.286. The summed E-state index contributed by atoms with van der Waals surface area (Å²) >= 11 is 6.09. The Kier molecular flexibility index (Phi) is 5.73. The molecule has 0 bridgehead atoms. The highest BCUT2D eigenvalue weighted by atomic mass is 35.5. The Morgan fingerprint density at radius 3 is 2.44 bits per heavy atom. The van der Waals surface area contributed by atoms with Gasteiger partial charge in [-0.3, -0.25) is 4.79 Å². The molecular formula is C21H22ClNO4. The highest BCUT2D eigenvalue weighted by Crippen LogP contribution is 2.42. The summed E-state index contributed by atoms with van der Waals surface area (Å²) in [6, 6.07) is 13.1. The van der Waals surface area contributed by atoms with Gasteiger partial charge in [0, 0.05) is 11.6 Å². The molecule has 1 aliphatic rings. The molecule has 1 amide bonds. The Morgan fingerprint density at radius 1 is 1.15 bits per heavy atom. The van der Waals surface area contributed by atoms with Gasteiger partial charge in [0.1, 0.15) is 5.54 Å². The van der Waals surface area contributed by atoms with Crippen molar-refractivity contribution in [3.05, 3.63) is 71.3 Å². The lowest BCUT2D eigenvalue weighted by atomic mass is 9.80. The minimum atomic E-state index is -0.826. The Balaban J connectivity index is 2.25. The number of hydrogen-bond donors (Lipinski definition) is 0. The molecule has 0 saturated carbocycles. The first-order valence-corrected chi connectivity index (χ1v) is 8.95. The molecule has 0 N–H and O–H groups in total. The van der Waals surface area contributed by atoms with Crippen molar-refractivity contribution in [3.8, 4) is 11.5 Å². The fourth-order valence-corrected chi connectivity index (χ4v) is 3.64. The van der Waals surface area contributed by atoms with Crippen molar-refractivity contribution >= 4 is 17.5 Å². The van der Waals surface area contributed by atoms with E-state index >= 15 is 0 Å². The van der Waals surface area contributed by atoms with Gasteiger partial charge in [-0.05, 0) is 41.5 Å². The number of morpholine rings is 1. The average molecular weight is 388 g/mol. The highest BCUT2D eigenvalue weighted by Gasteiger charge is 2.45. The molecule has 0 spiro atoms. The number of nitrogens with zero attached hydrogens (tertiary/aromatic N) is 1. The molecule has 1 atom stereocenters. The quantitative estimate of drug-likeness (QED) is 0.735.